The molecular weight excluding hydrogens is 244 g/mol. The molecule has 1 heterocycles. The monoisotopic (exact) mass is 255 g/mol. The largest absolute Gasteiger partial charge is 0.466 e. The lowest BCUT2D eigenvalue weighted by Gasteiger charge is -2.12. The second kappa shape index (κ2) is 5.91. The van der Waals surface area contributed by atoms with Crippen molar-refractivity contribution in [1.29, 1.82) is 5.26 Å². The van der Waals surface area contributed by atoms with Gasteiger partial charge in [0.25, 0.3) is 6.43 Å². The van der Waals surface area contributed by atoms with Gasteiger partial charge in [-0.2, -0.15) is 5.26 Å². The van der Waals surface area contributed by atoms with Crippen LogP contribution in [0.1, 0.15) is 30.2 Å². The maximum atomic E-state index is 12.9. The summed E-state index contributed by atoms with van der Waals surface area (Å²) in [5.74, 6) is -0.679. The van der Waals surface area contributed by atoms with Crippen molar-refractivity contribution < 1.29 is 18.3 Å². The van der Waals surface area contributed by atoms with Crippen molar-refractivity contribution in [1.82, 2.24) is 4.98 Å². The highest BCUT2D eigenvalue weighted by Gasteiger charge is 2.23. The molecule has 0 bridgehead atoms. The number of pyridine rings is 1. The normalized spacial score (nSPS) is 10.2. The van der Waals surface area contributed by atoms with Crippen LogP contribution in [-0.2, 0) is 16.0 Å². The van der Waals surface area contributed by atoms with Gasteiger partial charge in [-0.15, -0.1) is 0 Å². The first-order chi connectivity index (χ1) is 8.51. The highest BCUT2D eigenvalue weighted by Crippen LogP contribution is 2.29. The molecule has 96 valence electrons. The van der Waals surface area contributed by atoms with Crippen LogP contribution >= 0.6 is 0 Å². The number of ether oxygens (including phenoxy) is 1. The van der Waals surface area contributed by atoms with E-state index in [-0.39, 0.29) is 17.9 Å². The number of anilines is 1. The van der Waals surface area contributed by atoms with E-state index in [1.54, 1.807) is 13.0 Å². The Morgan fingerprint density at radius 2 is 2.33 bits per heavy atom. The number of nitrogens with two attached hydrogens (primary N) is 1. The number of hydrogen-bond acceptors (Lipinski definition) is 5. The van der Waals surface area contributed by atoms with Gasteiger partial charge in [0, 0.05) is 0 Å². The highest BCUT2D eigenvalue weighted by molar-refractivity contribution is 5.76. The molecule has 1 aromatic heterocycles. The lowest BCUT2D eigenvalue weighted by atomic mass is 10.0. The van der Waals surface area contributed by atoms with Gasteiger partial charge in [0.05, 0.1) is 30.5 Å². The fourth-order valence-electron chi connectivity index (χ4n) is 1.46. The van der Waals surface area contributed by atoms with Crippen molar-refractivity contribution in [3.05, 3.63) is 23.0 Å². The summed E-state index contributed by atoms with van der Waals surface area (Å²) in [6.45, 7) is 1.74. The second-order valence-corrected chi connectivity index (χ2v) is 3.35. The lowest BCUT2D eigenvalue weighted by Crippen LogP contribution is -2.13. The van der Waals surface area contributed by atoms with Crippen LogP contribution in [0.2, 0.25) is 0 Å². The summed E-state index contributed by atoms with van der Waals surface area (Å²) < 4.78 is 30.5. The fourth-order valence-corrected chi connectivity index (χ4v) is 1.46. The molecule has 0 radical (unpaired) electrons. The van der Waals surface area contributed by atoms with Crippen molar-refractivity contribution in [2.24, 2.45) is 0 Å². The summed E-state index contributed by atoms with van der Waals surface area (Å²) in [6, 6.07) is 1.55. The molecule has 7 heteroatoms. The molecule has 0 fully saturated rings. The maximum Gasteiger partial charge on any atom is 0.310 e. The van der Waals surface area contributed by atoms with Crippen LogP contribution in [0.3, 0.4) is 0 Å². The first-order valence-electron chi connectivity index (χ1n) is 5.12. The molecule has 0 unspecified atom stereocenters. The molecular formula is C11H11F2N3O2. The van der Waals surface area contributed by atoms with E-state index in [9.17, 15) is 13.6 Å². The molecule has 0 saturated heterocycles. The number of nitriles is 1. The second-order valence-electron chi connectivity index (χ2n) is 3.35. The van der Waals surface area contributed by atoms with E-state index in [2.05, 4.69) is 9.72 Å². The highest BCUT2D eigenvalue weighted by atomic mass is 19.3. The number of rotatable bonds is 4. The summed E-state index contributed by atoms with van der Waals surface area (Å²) in [6.07, 6.45) is -2.25. The quantitative estimate of drug-likeness (QED) is 0.825. The molecule has 0 atom stereocenters. The van der Waals surface area contributed by atoms with Crippen LogP contribution in [0.5, 0.6) is 0 Å². The number of carbonyl (C=O) groups is 1. The van der Waals surface area contributed by atoms with Crippen LogP contribution in [-0.4, -0.2) is 17.6 Å². The maximum absolute atomic E-state index is 12.9. The Bertz CT molecular complexity index is 498. The first kappa shape index (κ1) is 13.8. The van der Waals surface area contributed by atoms with Gasteiger partial charge in [0.2, 0.25) is 0 Å². The summed E-state index contributed by atoms with van der Waals surface area (Å²) in [7, 11) is 0. The third-order valence-electron chi connectivity index (χ3n) is 2.21. The fraction of sp³-hybridized carbons (Fsp3) is 0.364. The number of nitrogen functional groups attached to an aromatic ring is 1. The third kappa shape index (κ3) is 2.91. The standard InChI is InChI=1S/C11H11F2N3O2/c1-2-18-9(17)3-6-7(15)5-16-8(4-14)10(6)11(12)13/h5,11H,2-3,15H2,1H3. The van der Waals surface area contributed by atoms with Crippen LogP contribution in [0, 0.1) is 11.3 Å². The predicted molar refractivity (Wildman–Crippen MR) is 58.7 cm³/mol. The minimum absolute atomic E-state index is 0.0580. The number of aromatic nitrogens is 1. The van der Waals surface area contributed by atoms with Crippen molar-refractivity contribution in [3.8, 4) is 6.07 Å². The van der Waals surface area contributed by atoms with E-state index in [4.69, 9.17) is 11.0 Å². The third-order valence-corrected chi connectivity index (χ3v) is 2.21. The topological polar surface area (TPSA) is 89.0 Å². The number of nitrogens with zero attached hydrogens (tertiary/aromatic N) is 2. The van der Waals surface area contributed by atoms with E-state index >= 15 is 0 Å². The summed E-state index contributed by atoms with van der Waals surface area (Å²) in [5.41, 5.74) is 4.32. The van der Waals surface area contributed by atoms with Crippen LogP contribution in [0.25, 0.3) is 0 Å². The SMILES string of the molecule is CCOC(=O)Cc1c(N)cnc(C#N)c1C(F)F. The van der Waals surface area contributed by atoms with Crippen LogP contribution in [0.15, 0.2) is 6.20 Å². The zero-order chi connectivity index (χ0) is 13.7. The average molecular weight is 255 g/mol. The minimum atomic E-state index is -2.93. The predicted octanol–water partition coefficient (Wildman–Crippen LogP) is 1.58. The summed E-state index contributed by atoms with van der Waals surface area (Å²) in [5, 5.41) is 8.72. The molecule has 0 aliphatic carbocycles. The molecule has 1 aromatic rings. The van der Waals surface area contributed by atoms with Crippen molar-refractivity contribution in [2.45, 2.75) is 19.8 Å². The van der Waals surface area contributed by atoms with Gasteiger partial charge in [0.15, 0.2) is 0 Å². The Kier molecular flexibility index (Phi) is 4.54. The molecule has 1 rings (SSSR count). The molecule has 0 spiro atoms. The molecule has 2 N–H and O–H groups in total. The van der Waals surface area contributed by atoms with Gasteiger partial charge < -0.3 is 10.5 Å². The minimum Gasteiger partial charge on any atom is -0.466 e. The number of alkyl halides is 2. The lowest BCUT2D eigenvalue weighted by molar-refractivity contribution is -0.142. The van der Waals surface area contributed by atoms with Gasteiger partial charge in [-0.3, -0.25) is 4.79 Å². The molecule has 0 saturated carbocycles. The van der Waals surface area contributed by atoms with E-state index in [1.165, 1.54) is 0 Å². The number of halogens is 2. The molecule has 0 aliphatic rings. The molecule has 0 aliphatic heterocycles. The molecule has 0 amide bonds. The zero-order valence-corrected chi connectivity index (χ0v) is 9.61. The van der Waals surface area contributed by atoms with Gasteiger partial charge in [0.1, 0.15) is 11.8 Å². The van der Waals surface area contributed by atoms with E-state index in [0.29, 0.717) is 0 Å². The Morgan fingerprint density at radius 3 is 2.83 bits per heavy atom. The van der Waals surface area contributed by atoms with Gasteiger partial charge in [-0.25, -0.2) is 13.8 Å². The molecule has 18 heavy (non-hydrogen) atoms. The van der Waals surface area contributed by atoms with Crippen LogP contribution < -0.4 is 5.73 Å². The van der Waals surface area contributed by atoms with Crippen LogP contribution in [0.4, 0.5) is 14.5 Å². The smallest absolute Gasteiger partial charge is 0.310 e. The number of carbonyl (C=O) groups excluding carboxylic acids is 1. The van der Waals surface area contributed by atoms with Gasteiger partial charge in [-0.1, -0.05) is 0 Å². The Balaban J connectivity index is 3.24. The van der Waals surface area contributed by atoms with Crippen molar-refractivity contribution >= 4 is 11.7 Å². The number of hydrogen-bond donors (Lipinski definition) is 1. The van der Waals surface area contributed by atoms with Gasteiger partial charge >= 0.3 is 5.97 Å². The van der Waals surface area contributed by atoms with E-state index < -0.39 is 30.1 Å². The summed E-state index contributed by atoms with van der Waals surface area (Å²) in [4.78, 5) is 14.8. The van der Waals surface area contributed by atoms with E-state index in [0.717, 1.165) is 6.20 Å². The zero-order valence-electron chi connectivity index (χ0n) is 9.61. The Morgan fingerprint density at radius 1 is 1.67 bits per heavy atom. The van der Waals surface area contributed by atoms with Gasteiger partial charge in [-0.05, 0) is 12.5 Å². The van der Waals surface area contributed by atoms with Crippen molar-refractivity contribution in [3.63, 3.8) is 0 Å². The molecule has 5 nitrogen and oxygen atoms in total. The average Bonchev–Trinajstić information content (AvgIpc) is 2.31. The molecule has 0 aromatic carbocycles. The van der Waals surface area contributed by atoms with E-state index in [1.807, 2.05) is 0 Å². The van der Waals surface area contributed by atoms with Crippen molar-refractivity contribution in [2.75, 3.05) is 12.3 Å². The number of esters is 1. The Labute approximate surface area is 102 Å². The first-order valence-corrected chi connectivity index (χ1v) is 5.12. The summed E-state index contributed by atoms with van der Waals surface area (Å²) >= 11 is 0. The Hall–Kier alpha value is -2.23.